The SMILES string of the molecule is Cc1ccccc1CN(C)C(=O)Nc1ccc(C)c([N+](=O)[O-])c1. The number of nitrogens with one attached hydrogen (secondary N) is 1. The van der Waals surface area contributed by atoms with Crippen molar-refractivity contribution in [2.45, 2.75) is 20.4 Å². The molecule has 2 rings (SSSR count). The van der Waals surface area contributed by atoms with Gasteiger partial charge in [0, 0.05) is 30.9 Å². The van der Waals surface area contributed by atoms with Crippen LogP contribution >= 0.6 is 0 Å². The van der Waals surface area contributed by atoms with Crippen molar-refractivity contribution in [3.8, 4) is 0 Å². The first-order valence-electron chi connectivity index (χ1n) is 7.20. The summed E-state index contributed by atoms with van der Waals surface area (Å²) in [5.41, 5.74) is 3.12. The molecule has 0 fully saturated rings. The molecule has 0 heterocycles. The summed E-state index contributed by atoms with van der Waals surface area (Å²) in [6.45, 7) is 4.12. The number of hydrogen-bond donors (Lipinski definition) is 1. The molecule has 0 saturated carbocycles. The first kappa shape index (κ1) is 16.5. The summed E-state index contributed by atoms with van der Waals surface area (Å²) in [6, 6.07) is 12.2. The number of carbonyl (C=O) groups excluding carboxylic acids is 1. The van der Waals surface area contributed by atoms with Gasteiger partial charge in [0.2, 0.25) is 0 Å². The van der Waals surface area contributed by atoms with Gasteiger partial charge in [0.1, 0.15) is 0 Å². The molecule has 0 aliphatic carbocycles. The zero-order chi connectivity index (χ0) is 17.0. The largest absolute Gasteiger partial charge is 0.323 e. The van der Waals surface area contributed by atoms with Crippen molar-refractivity contribution in [1.29, 1.82) is 0 Å². The number of carbonyl (C=O) groups is 1. The Morgan fingerprint density at radius 1 is 1.17 bits per heavy atom. The molecule has 1 N–H and O–H groups in total. The monoisotopic (exact) mass is 313 g/mol. The average molecular weight is 313 g/mol. The van der Waals surface area contributed by atoms with Gasteiger partial charge in [-0.25, -0.2) is 4.79 Å². The van der Waals surface area contributed by atoms with Crippen LogP contribution < -0.4 is 5.32 Å². The molecule has 0 bridgehead atoms. The molecule has 0 spiro atoms. The normalized spacial score (nSPS) is 10.2. The van der Waals surface area contributed by atoms with E-state index in [0.29, 0.717) is 17.8 Å². The molecule has 2 aromatic rings. The van der Waals surface area contributed by atoms with Gasteiger partial charge in [-0.1, -0.05) is 30.3 Å². The molecule has 6 heteroatoms. The minimum atomic E-state index is -0.456. The highest BCUT2D eigenvalue weighted by Crippen LogP contribution is 2.22. The van der Waals surface area contributed by atoms with Gasteiger partial charge in [0.25, 0.3) is 5.69 Å². The van der Waals surface area contributed by atoms with Gasteiger partial charge >= 0.3 is 6.03 Å². The number of aryl methyl sites for hydroxylation is 2. The lowest BCUT2D eigenvalue weighted by Gasteiger charge is -2.19. The van der Waals surface area contributed by atoms with Crippen molar-refractivity contribution in [1.82, 2.24) is 4.90 Å². The predicted octanol–water partition coefficient (Wildman–Crippen LogP) is 3.88. The zero-order valence-electron chi connectivity index (χ0n) is 13.4. The summed E-state index contributed by atoms with van der Waals surface area (Å²) in [4.78, 5) is 24.3. The lowest BCUT2D eigenvalue weighted by molar-refractivity contribution is -0.385. The second-order valence-electron chi connectivity index (χ2n) is 5.47. The first-order valence-corrected chi connectivity index (χ1v) is 7.20. The van der Waals surface area contributed by atoms with Gasteiger partial charge < -0.3 is 10.2 Å². The maximum absolute atomic E-state index is 12.2. The fourth-order valence-electron chi connectivity index (χ4n) is 2.22. The van der Waals surface area contributed by atoms with Gasteiger partial charge in [-0.15, -0.1) is 0 Å². The Morgan fingerprint density at radius 2 is 1.87 bits per heavy atom. The van der Waals surface area contributed by atoms with Crippen LogP contribution in [0.5, 0.6) is 0 Å². The van der Waals surface area contributed by atoms with Crippen LogP contribution in [-0.2, 0) is 6.54 Å². The molecule has 120 valence electrons. The smallest absolute Gasteiger partial charge is 0.321 e. The lowest BCUT2D eigenvalue weighted by atomic mass is 10.1. The van der Waals surface area contributed by atoms with Gasteiger partial charge in [-0.05, 0) is 31.0 Å². The average Bonchev–Trinajstić information content (AvgIpc) is 2.51. The minimum Gasteiger partial charge on any atom is -0.323 e. The van der Waals surface area contributed by atoms with E-state index in [4.69, 9.17) is 0 Å². The first-order chi connectivity index (χ1) is 10.9. The number of nitro benzene ring substituents is 1. The van der Waals surface area contributed by atoms with Crippen molar-refractivity contribution >= 4 is 17.4 Å². The highest BCUT2D eigenvalue weighted by Gasteiger charge is 2.14. The molecule has 0 aliphatic heterocycles. The van der Waals surface area contributed by atoms with E-state index in [1.807, 2.05) is 31.2 Å². The third-order valence-corrected chi connectivity index (χ3v) is 3.67. The van der Waals surface area contributed by atoms with Gasteiger partial charge in [-0.2, -0.15) is 0 Å². The van der Waals surface area contributed by atoms with Crippen LogP contribution in [0.3, 0.4) is 0 Å². The zero-order valence-corrected chi connectivity index (χ0v) is 13.4. The molecule has 23 heavy (non-hydrogen) atoms. The molecule has 6 nitrogen and oxygen atoms in total. The van der Waals surface area contributed by atoms with Gasteiger partial charge in [-0.3, -0.25) is 10.1 Å². The summed E-state index contributed by atoms with van der Waals surface area (Å²) in [7, 11) is 1.68. The van der Waals surface area contributed by atoms with E-state index in [9.17, 15) is 14.9 Å². The topological polar surface area (TPSA) is 75.5 Å². The molecule has 0 aliphatic rings. The van der Waals surface area contributed by atoms with E-state index in [2.05, 4.69) is 5.32 Å². The number of hydrogen-bond acceptors (Lipinski definition) is 3. The minimum absolute atomic E-state index is 0.00985. The van der Waals surface area contributed by atoms with E-state index in [0.717, 1.165) is 11.1 Å². The second-order valence-corrected chi connectivity index (χ2v) is 5.47. The summed E-state index contributed by atoms with van der Waals surface area (Å²) in [5, 5.41) is 13.6. The number of amides is 2. The summed E-state index contributed by atoms with van der Waals surface area (Å²) in [5.74, 6) is 0. The fourth-order valence-corrected chi connectivity index (χ4v) is 2.22. The van der Waals surface area contributed by atoms with E-state index < -0.39 is 4.92 Å². The lowest BCUT2D eigenvalue weighted by Crippen LogP contribution is -2.31. The van der Waals surface area contributed by atoms with Crippen molar-refractivity contribution in [2.75, 3.05) is 12.4 Å². The highest BCUT2D eigenvalue weighted by molar-refractivity contribution is 5.89. The Bertz CT molecular complexity index is 744. The Hall–Kier alpha value is -2.89. The van der Waals surface area contributed by atoms with Crippen LogP contribution in [0, 0.1) is 24.0 Å². The van der Waals surface area contributed by atoms with Crippen molar-refractivity contribution in [3.05, 3.63) is 69.3 Å². The van der Waals surface area contributed by atoms with E-state index >= 15 is 0 Å². The Balaban J connectivity index is 2.08. The van der Waals surface area contributed by atoms with E-state index in [1.54, 1.807) is 26.1 Å². The van der Waals surface area contributed by atoms with Crippen molar-refractivity contribution in [3.63, 3.8) is 0 Å². The highest BCUT2D eigenvalue weighted by atomic mass is 16.6. The molecule has 2 aromatic carbocycles. The number of rotatable bonds is 4. The quantitative estimate of drug-likeness (QED) is 0.687. The van der Waals surface area contributed by atoms with Crippen LogP contribution in [0.25, 0.3) is 0 Å². The predicted molar refractivity (Wildman–Crippen MR) is 89.5 cm³/mol. The molecule has 0 aromatic heterocycles. The van der Waals surface area contributed by atoms with Crippen molar-refractivity contribution in [2.24, 2.45) is 0 Å². The van der Waals surface area contributed by atoms with Crippen molar-refractivity contribution < 1.29 is 9.72 Å². The molecular formula is C17H19N3O3. The third-order valence-electron chi connectivity index (χ3n) is 3.67. The maximum Gasteiger partial charge on any atom is 0.321 e. The van der Waals surface area contributed by atoms with Gasteiger partial charge in [0.15, 0.2) is 0 Å². The Labute approximate surface area is 134 Å². The Kier molecular flexibility index (Phi) is 4.95. The Morgan fingerprint density at radius 3 is 2.52 bits per heavy atom. The maximum atomic E-state index is 12.2. The number of nitrogens with zero attached hydrogens (tertiary/aromatic N) is 2. The van der Waals surface area contributed by atoms with E-state index in [-0.39, 0.29) is 11.7 Å². The number of nitro groups is 1. The molecule has 0 saturated heterocycles. The molecule has 2 amide bonds. The standard InChI is InChI=1S/C17H19N3O3/c1-12-6-4-5-7-14(12)11-19(3)17(21)18-15-9-8-13(2)16(10-15)20(22)23/h4-10H,11H2,1-3H3,(H,18,21). The number of urea groups is 1. The number of benzene rings is 2. The third kappa shape index (κ3) is 4.06. The summed E-state index contributed by atoms with van der Waals surface area (Å²) < 4.78 is 0. The summed E-state index contributed by atoms with van der Waals surface area (Å²) >= 11 is 0. The summed E-state index contributed by atoms with van der Waals surface area (Å²) in [6.07, 6.45) is 0. The second kappa shape index (κ2) is 6.91. The molecule has 0 atom stereocenters. The molecular weight excluding hydrogens is 294 g/mol. The van der Waals surface area contributed by atoms with Crippen LogP contribution in [0.15, 0.2) is 42.5 Å². The molecule has 0 radical (unpaired) electrons. The van der Waals surface area contributed by atoms with Crippen LogP contribution in [0.2, 0.25) is 0 Å². The molecule has 0 unspecified atom stereocenters. The van der Waals surface area contributed by atoms with Crippen LogP contribution in [-0.4, -0.2) is 22.9 Å². The van der Waals surface area contributed by atoms with Crippen LogP contribution in [0.1, 0.15) is 16.7 Å². The van der Waals surface area contributed by atoms with E-state index in [1.165, 1.54) is 11.0 Å². The van der Waals surface area contributed by atoms with Gasteiger partial charge in [0.05, 0.1) is 4.92 Å². The van der Waals surface area contributed by atoms with Crippen LogP contribution in [0.4, 0.5) is 16.2 Å². The fraction of sp³-hybridized carbons (Fsp3) is 0.235. The number of anilines is 1.